The first-order chi connectivity index (χ1) is 7.54. The van der Waals surface area contributed by atoms with Gasteiger partial charge in [0.1, 0.15) is 5.75 Å². The van der Waals surface area contributed by atoms with Crippen LogP contribution >= 0.6 is 0 Å². The Morgan fingerprint density at radius 3 is 2.50 bits per heavy atom. The van der Waals surface area contributed by atoms with Crippen LogP contribution in [0.3, 0.4) is 0 Å². The number of nitrogens with one attached hydrogen (secondary N) is 1. The average Bonchev–Trinajstić information content (AvgIpc) is 2.28. The van der Waals surface area contributed by atoms with E-state index in [1.807, 2.05) is 0 Å². The number of nitrogens with two attached hydrogens (primary N) is 1. The van der Waals surface area contributed by atoms with Gasteiger partial charge in [0.25, 0.3) is 0 Å². The van der Waals surface area contributed by atoms with Crippen molar-refractivity contribution < 1.29 is 15.0 Å². The number of aliphatic hydroxyl groups is 1. The molecule has 0 radical (unpaired) electrons. The summed E-state index contributed by atoms with van der Waals surface area (Å²) in [4.78, 5) is 11.0. The summed E-state index contributed by atoms with van der Waals surface area (Å²) in [6.07, 6.45) is -0.823. The molecule has 0 aliphatic rings. The molecule has 0 saturated carbocycles. The highest BCUT2D eigenvalue weighted by Crippen LogP contribution is 2.19. The van der Waals surface area contributed by atoms with Crippen molar-refractivity contribution in [1.82, 2.24) is 5.32 Å². The SMILES string of the molecule is CC(NC(=O)CN)C(O)c1ccc(O)cc1. The van der Waals surface area contributed by atoms with Gasteiger partial charge in [0.15, 0.2) is 0 Å². The molecular formula is C11H16N2O3. The molecule has 5 heteroatoms. The topological polar surface area (TPSA) is 95.6 Å². The van der Waals surface area contributed by atoms with Gasteiger partial charge in [0.2, 0.25) is 5.91 Å². The molecule has 2 unspecified atom stereocenters. The predicted molar refractivity (Wildman–Crippen MR) is 59.7 cm³/mol. The lowest BCUT2D eigenvalue weighted by Gasteiger charge is -2.20. The van der Waals surface area contributed by atoms with Crippen LogP contribution in [0.1, 0.15) is 18.6 Å². The Labute approximate surface area is 93.9 Å². The standard InChI is InChI=1S/C11H16N2O3/c1-7(13-10(15)6-12)11(16)8-2-4-9(14)5-3-8/h2-5,7,11,14,16H,6,12H2,1H3,(H,13,15). The molecule has 1 aromatic carbocycles. The van der Waals surface area contributed by atoms with Gasteiger partial charge in [0.05, 0.1) is 18.7 Å². The lowest BCUT2D eigenvalue weighted by molar-refractivity contribution is -0.121. The fraction of sp³-hybridized carbons (Fsp3) is 0.364. The molecule has 1 amide bonds. The number of hydrogen-bond acceptors (Lipinski definition) is 4. The second-order valence-corrected chi connectivity index (χ2v) is 3.60. The Morgan fingerprint density at radius 2 is 2.00 bits per heavy atom. The number of phenolic OH excluding ortho intramolecular Hbond substituents is 1. The molecule has 1 rings (SSSR count). The summed E-state index contributed by atoms with van der Waals surface area (Å²) >= 11 is 0. The Bertz CT molecular complexity index is 351. The van der Waals surface area contributed by atoms with Gasteiger partial charge in [-0.15, -0.1) is 0 Å². The number of phenols is 1. The highest BCUT2D eigenvalue weighted by molar-refractivity contribution is 5.78. The first-order valence-electron chi connectivity index (χ1n) is 5.01. The van der Waals surface area contributed by atoms with Gasteiger partial charge in [0, 0.05) is 0 Å². The summed E-state index contributed by atoms with van der Waals surface area (Å²) in [6.45, 7) is 1.58. The minimum atomic E-state index is -0.823. The van der Waals surface area contributed by atoms with E-state index in [4.69, 9.17) is 10.8 Å². The molecule has 1 aromatic rings. The normalized spacial score (nSPS) is 14.2. The molecule has 0 heterocycles. The highest BCUT2D eigenvalue weighted by Gasteiger charge is 2.17. The van der Waals surface area contributed by atoms with Gasteiger partial charge in [-0.25, -0.2) is 0 Å². The van der Waals surface area contributed by atoms with Gasteiger partial charge in [-0.2, -0.15) is 0 Å². The van der Waals surface area contributed by atoms with Crippen LogP contribution < -0.4 is 11.1 Å². The summed E-state index contributed by atoms with van der Waals surface area (Å²) in [6, 6.07) is 5.74. The van der Waals surface area contributed by atoms with E-state index in [1.54, 1.807) is 19.1 Å². The number of amides is 1. The number of aliphatic hydroxyl groups excluding tert-OH is 1. The molecule has 0 fully saturated rings. The van der Waals surface area contributed by atoms with Crippen molar-refractivity contribution in [1.29, 1.82) is 0 Å². The van der Waals surface area contributed by atoms with Crippen LogP contribution in [0, 0.1) is 0 Å². The number of carbonyl (C=O) groups is 1. The van der Waals surface area contributed by atoms with Crippen LogP contribution in [-0.2, 0) is 4.79 Å². The number of carbonyl (C=O) groups excluding carboxylic acids is 1. The zero-order valence-corrected chi connectivity index (χ0v) is 9.05. The molecule has 0 bridgehead atoms. The summed E-state index contributed by atoms with van der Waals surface area (Å²) in [7, 11) is 0. The first kappa shape index (κ1) is 12.5. The van der Waals surface area contributed by atoms with Crippen LogP contribution in [0.25, 0.3) is 0 Å². The third-order valence-electron chi connectivity index (χ3n) is 2.28. The van der Waals surface area contributed by atoms with Crippen molar-refractivity contribution in [2.24, 2.45) is 5.73 Å². The zero-order valence-electron chi connectivity index (χ0n) is 9.05. The molecule has 5 nitrogen and oxygen atoms in total. The molecule has 0 spiro atoms. The second kappa shape index (κ2) is 5.48. The number of hydrogen-bond donors (Lipinski definition) is 4. The van der Waals surface area contributed by atoms with E-state index < -0.39 is 12.1 Å². The fourth-order valence-electron chi connectivity index (χ4n) is 1.35. The van der Waals surface area contributed by atoms with Gasteiger partial charge < -0.3 is 21.3 Å². The maximum atomic E-state index is 11.0. The molecule has 0 aromatic heterocycles. The molecule has 5 N–H and O–H groups in total. The summed E-state index contributed by atoms with van der Waals surface area (Å²) in [5.41, 5.74) is 5.78. The first-order valence-corrected chi connectivity index (χ1v) is 5.01. The monoisotopic (exact) mass is 224 g/mol. The van der Waals surface area contributed by atoms with Crippen molar-refractivity contribution >= 4 is 5.91 Å². The molecule has 0 aliphatic carbocycles. The Morgan fingerprint density at radius 1 is 1.44 bits per heavy atom. The lowest BCUT2D eigenvalue weighted by atomic mass is 10.0. The largest absolute Gasteiger partial charge is 0.508 e. The minimum Gasteiger partial charge on any atom is -0.508 e. The maximum absolute atomic E-state index is 11.0. The number of benzene rings is 1. The van der Waals surface area contributed by atoms with Crippen molar-refractivity contribution in [3.8, 4) is 5.75 Å². The smallest absolute Gasteiger partial charge is 0.234 e. The molecule has 0 saturated heterocycles. The number of aromatic hydroxyl groups is 1. The Kier molecular flexibility index (Phi) is 4.28. The van der Waals surface area contributed by atoms with Crippen molar-refractivity contribution in [2.75, 3.05) is 6.54 Å². The molecule has 16 heavy (non-hydrogen) atoms. The van der Waals surface area contributed by atoms with Crippen LogP contribution in [0.4, 0.5) is 0 Å². The number of rotatable bonds is 4. The van der Waals surface area contributed by atoms with Gasteiger partial charge in [-0.1, -0.05) is 12.1 Å². The molecule has 88 valence electrons. The van der Waals surface area contributed by atoms with Crippen molar-refractivity contribution in [3.63, 3.8) is 0 Å². The van der Waals surface area contributed by atoms with E-state index >= 15 is 0 Å². The quantitative estimate of drug-likeness (QED) is 0.573. The summed E-state index contributed by atoms with van der Waals surface area (Å²) in [5, 5.41) is 21.5. The maximum Gasteiger partial charge on any atom is 0.234 e. The van der Waals surface area contributed by atoms with Crippen LogP contribution in [0.15, 0.2) is 24.3 Å². The fourth-order valence-corrected chi connectivity index (χ4v) is 1.35. The van der Waals surface area contributed by atoms with Gasteiger partial charge in [-0.3, -0.25) is 4.79 Å². The Balaban J connectivity index is 2.66. The Hall–Kier alpha value is -1.59. The zero-order chi connectivity index (χ0) is 12.1. The molecule has 0 aliphatic heterocycles. The van der Waals surface area contributed by atoms with Crippen LogP contribution in [0.2, 0.25) is 0 Å². The van der Waals surface area contributed by atoms with E-state index in [2.05, 4.69) is 5.32 Å². The third kappa shape index (κ3) is 3.22. The highest BCUT2D eigenvalue weighted by atomic mass is 16.3. The van der Waals surface area contributed by atoms with E-state index in [-0.39, 0.29) is 18.2 Å². The average molecular weight is 224 g/mol. The lowest BCUT2D eigenvalue weighted by Crippen LogP contribution is -2.40. The molecule has 2 atom stereocenters. The molecular weight excluding hydrogens is 208 g/mol. The summed E-state index contributed by atoms with van der Waals surface area (Å²) < 4.78 is 0. The van der Waals surface area contributed by atoms with Gasteiger partial charge >= 0.3 is 0 Å². The van der Waals surface area contributed by atoms with E-state index in [9.17, 15) is 9.90 Å². The van der Waals surface area contributed by atoms with Crippen LogP contribution in [0.5, 0.6) is 5.75 Å². The summed E-state index contributed by atoms with van der Waals surface area (Å²) in [5.74, 6) is -0.181. The van der Waals surface area contributed by atoms with Crippen molar-refractivity contribution in [3.05, 3.63) is 29.8 Å². The van der Waals surface area contributed by atoms with Crippen LogP contribution in [-0.4, -0.2) is 28.7 Å². The van der Waals surface area contributed by atoms with E-state index in [1.165, 1.54) is 12.1 Å². The second-order valence-electron chi connectivity index (χ2n) is 3.60. The van der Waals surface area contributed by atoms with Crippen molar-refractivity contribution in [2.45, 2.75) is 19.1 Å². The third-order valence-corrected chi connectivity index (χ3v) is 2.28. The van der Waals surface area contributed by atoms with E-state index in [0.717, 1.165) is 0 Å². The van der Waals surface area contributed by atoms with Gasteiger partial charge in [-0.05, 0) is 24.6 Å². The van der Waals surface area contributed by atoms with E-state index in [0.29, 0.717) is 5.56 Å². The minimum absolute atomic E-state index is 0.105. The predicted octanol–water partition coefficient (Wildman–Crippen LogP) is -0.111.